The largest absolute Gasteiger partial charge is 0.437 e. The Morgan fingerprint density at radius 2 is 1.79 bits per heavy atom. The third-order valence-electron chi connectivity index (χ3n) is 2.48. The quantitative estimate of drug-likeness (QED) is 0.842. The third-order valence-corrected chi connectivity index (χ3v) is 3.50. The molecule has 19 heavy (non-hydrogen) atoms. The molecule has 0 saturated heterocycles. The van der Waals surface area contributed by atoms with Crippen LogP contribution in [-0.2, 0) is 6.54 Å². The third kappa shape index (κ3) is 3.31. The van der Waals surface area contributed by atoms with Gasteiger partial charge in [0.25, 0.3) is 0 Å². The molecular weight excluding hydrogens is 307 g/mol. The fourth-order valence-electron chi connectivity index (χ4n) is 1.49. The highest BCUT2D eigenvalue weighted by molar-refractivity contribution is 6.43. The van der Waals surface area contributed by atoms with Crippen molar-refractivity contribution in [1.29, 1.82) is 0 Å². The van der Waals surface area contributed by atoms with Crippen LogP contribution >= 0.6 is 34.8 Å². The summed E-state index contributed by atoms with van der Waals surface area (Å²) in [4.78, 5) is 4.30. The topological polar surface area (TPSA) is 48.1 Å². The smallest absolute Gasteiger partial charge is 0.224 e. The number of pyridine rings is 1. The van der Waals surface area contributed by atoms with Crippen molar-refractivity contribution in [2.45, 2.75) is 13.5 Å². The molecule has 0 radical (unpaired) electrons. The van der Waals surface area contributed by atoms with Gasteiger partial charge in [-0.15, -0.1) is 0 Å². The summed E-state index contributed by atoms with van der Waals surface area (Å²) in [5, 5.41) is 1.10. The molecule has 0 fully saturated rings. The number of ether oxygens (including phenoxy) is 1. The normalized spacial score (nSPS) is 10.6. The summed E-state index contributed by atoms with van der Waals surface area (Å²) < 4.78 is 5.68. The van der Waals surface area contributed by atoms with Gasteiger partial charge in [0.05, 0.1) is 15.1 Å². The van der Waals surface area contributed by atoms with E-state index >= 15 is 0 Å². The Hall–Kier alpha value is -1.000. The van der Waals surface area contributed by atoms with Crippen LogP contribution in [0.15, 0.2) is 24.3 Å². The summed E-state index contributed by atoms with van der Waals surface area (Å²) in [5.74, 6) is 0.812. The van der Waals surface area contributed by atoms with Crippen molar-refractivity contribution in [3.8, 4) is 11.6 Å². The maximum atomic E-state index is 6.06. The van der Waals surface area contributed by atoms with Crippen LogP contribution in [0, 0.1) is 6.92 Å². The van der Waals surface area contributed by atoms with E-state index in [4.69, 9.17) is 45.3 Å². The Labute approximate surface area is 126 Å². The Bertz CT molecular complexity index is 617. The molecule has 1 aromatic carbocycles. The second-order valence-corrected chi connectivity index (χ2v) is 5.14. The van der Waals surface area contributed by atoms with E-state index in [0.717, 1.165) is 11.3 Å². The van der Waals surface area contributed by atoms with Crippen LogP contribution in [0.2, 0.25) is 15.1 Å². The first-order valence-electron chi connectivity index (χ1n) is 5.50. The van der Waals surface area contributed by atoms with Crippen LogP contribution in [0.1, 0.15) is 11.3 Å². The monoisotopic (exact) mass is 316 g/mol. The van der Waals surface area contributed by atoms with E-state index in [9.17, 15) is 0 Å². The van der Waals surface area contributed by atoms with Gasteiger partial charge in [-0.3, -0.25) is 0 Å². The number of aryl methyl sites for hydroxylation is 1. The second-order valence-electron chi connectivity index (χ2n) is 3.92. The van der Waals surface area contributed by atoms with E-state index in [-0.39, 0.29) is 0 Å². The van der Waals surface area contributed by atoms with Gasteiger partial charge in [-0.2, -0.15) is 0 Å². The number of aromatic nitrogens is 1. The molecule has 1 heterocycles. The van der Waals surface area contributed by atoms with Crippen LogP contribution in [0.4, 0.5) is 0 Å². The summed E-state index contributed by atoms with van der Waals surface area (Å²) in [6, 6.07) is 6.81. The number of halogens is 3. The maximum Gasteiger partial charge on any atom is 0.224 e. The molecule has 2 rings (SSSR count). The minimum absolute atomic E-state index is 0.321. The van der Waals surface area contributed by atoms with Crippen molar-refractivity contribution < 1.29 is 4.74 Å². The molecule has 6 heteroatoms. The van der Waals surface area contributed by atoms with Gasteiger partial charge in [0, 0.05) is 23.9 Å². The highest BCUT2D eigenvalue weighted by Crippen LogP contribution is 2.36. The molecule has 0 aliphatic carbocycles. The molecule has 2 aromatic rings. The average Bonchev–Trinajstić information content (AvgIpc) is 2.36. The second kappa shape index (κ2) is 5.97. The lowest BCUT2D eigenvalue weighted by Gasteiger charge is -2.11. The van der Waals surface area contributed by atoms with Gasteiger partial charge in [0.2, 0.25) is 5.88 Å². The Balaban J connectivity index is 2.41. The van der Waals surface area contributed by atoms with Crippen LogP contribution in [-0.4, -0.2) is 4.98 Å². The molecular formula is C13H11Cl3N2O. The van der Waals surface area contributed by atoms with Crippen molar-refractivity contribution in [3.63, 3.8) is 0 Å². The van der Waals surface area contributed by atoms with Crippen LogP contribution in [0.3, 0.4) is 0 Å². The highest BCUT2D eigenvalue weighted by Gasteiger charge is 2.11. The van der Waals surface area contributed by atoms with Crippen molar-refractivity contribution in [2.75, 3.05) is 0 Å². The molecule has 0 spiro atoms. The van der Waals surface area contributed by atoms with Crippen LogP contribution in [0.5, 0.6) is 11.6 Å². The van der Waals surface area contributed by atoms with E-state index < -0.39 is 0 Å². The van der Waals surface area contributed by atoms with Crippen LogP contribution in [0.25, 0.3) is 0 Å². The standard InChI is InChI=1S/C13H11Cl3N2O/c1-7-2-3-8(6-17)13(18-7)19-12-5-10(15)9(14)4-11(12)16/h2-5H,6,17H2,1H3. The number of nitrogens with two attached hydrogens (primary N) is 1. The minimum Gasteiger partial charge on any atom is -0.437 e. The Kier molecular flexibility index (Phi) is 4.53. The van der Waals surface area contributed by atoms with Gasteiger partial charge in [0.1, 0.15) is 5.75 Å². The van der Waals surface area contributed by atoms with E-state index in [2.05, 4.69) is 4.98 Å². The van der Waals surface area contributed by atoms with Crippen molar-refractivity contribution >= 4 is 34.8 Å². The number of hydrogen-bond acceptors (Lipinski definition) is 3. The average molecular weight is 318 g/mol. The van der Waals surface area contributed by atoms with E-state index in [0.29, 0.717) is 33.2 Å². The summed E-state index contributed by atoms with van der Waals surface area (Å²) in [7, 11) is 0. The lowest BCUT2D eigenvalue weighted by molar-refractivity contribution is 0.455. The molecule has 3 nitrogen and oxygen atoms in total. The summed E-state index contributed by atoms with van der Waals surface area (Å²) >= 11 is 17.9. The Morgan fingerprint density at radius 3 is 2.47 bits per heavy atom. The van der Waals surface area contributed by atoms with E-state index in [1.54, 1.807) is 6.07 Å². The van der Waals surface area contributed by atoms with Gasteiger partial charge < -0.3 is 10.5 Å². The molecule has 100 valence electrons. The lowest BCUT2D eigenvalue weighted by atomic mass is 10.2. The first kappa shape index (κ1) is 14.4. The maximum absolute atomic E-state index is 6.06. The fraction of sp³-hybridized carbons (Fsp3) is 0.154. The molecule has 0 amide bonds. The van der Waals surface area contributed by atoms with Gasteiger partial charge in [-0.05, 0) is 19.1 Å². The van der Waals surface area contributed by atoms with E-state index in [1.807, 2.05) is 19.1 Å². The molecule has 0 aliphatic heterocycles. The zero-order valence-corrected chi connectivity index (χ0v) is 12.4. The SMILES string of the molecule is Cc1ccc(CN)c(Oc2cc(Cl)c(Cl)cc2Cl)n1. The molecule has 0 unspecified atom stereocenters. The van der Waals surface area contributed by atoms with E-state index in [1.165, 1.54) is 6.07 Å². The number of nitrogens with zero attached hydrogens (tertiary/aromatic N) is 1. The minimum atomic E-state index is 0.321. The van der Waals surface area contributed by atoms with Gasteiger partial charge in [-0.25, -0.2) is 4.98 Å². The predicted molar refractivity (Wildman–Crippen MR) is 78.4 cm³/mol. The van der Waals surface area contributed by atoms with Crippen molar-refractivity contribution in [2.24, 2.45) is 5.73 Å². The zero-order valence-electron chi connectivity index (χ0n) is 10.1. The molecule has 0 atom stereocenters. The van der Waals surface area contributed by atoms with Gasteiger partial charge in [-0.1, -0.05) is 40.9 Å². The zero-order chi connectivity index (χ0) is 14.0. The molecule has 1 aromatic heterocycles. The molecule has 0 aliphatic rings. The first-order chi connectivity index (χ1) is 9.01. The summed E-state index contributed by atoms with van der Waals surface area (Å²) in [6.07, 6.45) is 0. The summed E-state index contributed by atoms with van der Waals surface area (Å²) in [6.45, 7) is 2.19. The van der Waals surface area contributed by atoms with Crippen LogP contribution < -0.4 is 10.5 Å². The van der Waals surface area contributed by atoms with Crippen molar-refractivity contribution in [1.82, 2.24) is 4.98 Å². The highest BCUT2D eigenvalue weighted by atomic mass is 35.5. The van der Waals surface area contributed by atoms with Gasteiger partial charge >= 0.3 is 0 Å². The lowest BCUT2D eigenvalue weighted by Crippen LogP contribution is -2.02. The number of rotatable bonds is 3. The Morgan fingerprint density at radius 1 is 1.11 bits per heavy atom. The fourth-order valence-corrected chi connectivity index (χ4v) is 2.07. The predicted octanol–water partition coefficient (Wildman–Crippen LogP) is 4.60. The number of hydrogen-bond donors (Lipinski definition) is 1. The molecule has 2 N–H and O–H groups in total. The number of benzene rings is 1. The first-order valence-corrected chi connectivity index (χ1v) is 6.63. The van der Waals surface area contributed by atoms with Gasteiger partial charge in [0.15, 0.2) is 0 Å². The molecule has 0 bridgehead atoms. The summed E-state index contributed by atoms with van der Waals surface area (Å²) in [5.41, 5.74) is 7.25. The molecule has 0 saturated carbocycles. The van der Waals surface area contributed by atoms with Crippen molar-refractivity contribution in [3.05, 3.63) is 50.6 Å².